The fourth-order valence-electron chi connectivity index (χ4n) is 1.65. The van der Waals surface area contributed by atoms with Gasteiger partial charge in [-0.1, -0.05) is 11.3 Å². The van der Waals surface area contributed by atoms with Gasteiger partial charge in [-0.3, -0.25) is 19.7 Å². The molecule has 0 radical (unpaired) electrons. The van der Waals surface area contributed by atoms with E-state index in [-0.39, 0.29) is 26.9 Å². The number of thiazole rings is 1. The molecule has 2 N–H and O–H groups in total. The number of phenols is 1. The molecule has 0 saturated carbocycles. The molecule has 21 heavy (non-hydrogen) atoms. The molecule has 0 aliphatic carbocycles. The third-order valence-electron chi connectivity index (χ3n) is 2.94. The van der Waals surface area contributed by atoms with Gasteiger partial charge in [0.2, 0.25) is 0 Å². The van der Waals surface area contributed by atoms with Crippen molar-refractivity contribution in [3.63, 3.8) is 0 Å². The zero-order valence-electron chi connectivity index (χ0n) is 11.1. The predicted octanol–water partition coefficient (Wildman–Crippen LogP) is 1.62. The van der Waals surface area contributed by atoms with E-state index in [1.165, 1.54) is 11.6 Å². The number of benzene rings is 1. The second-order valence-corrected chi connectivity index (χ2v) is 5.22. The molecule has 0 atom stereocenters. The van der Waals surface area contributed by atoms with Gasteiger partial charge in [0, 0.05) is 24.9 Å². The third kappa shape index (κ3) is 2.77. The normalized spacial score (nSPS) is 10.4. The number of phenolic OH excluding ortho intramolecular Hbond substituents is 1. The number of nitro benzene ring substituents is 1. The van der Waals surface area contributed by atoms with Crippen LogP contribution in [0.3, 0.4) is 0 Å². The number of anilines is 1. The summed E-state index contributed by atoms with van der Waals surface area (Å²) in [7, 11) is 1.54. The number of carbonyl (C=O) groups is 1. The van der Waals surface area contributed by atoms with E-state index < -0.39 is 10.8 Å². The highest BCUT2D eigenvalue weighted by Crippen LogP contribution is 2.28. The molecule has 9 heteroatoms. The van der Waals surface area contributed by atoms with Crippen LogP contribution < -0.4 is 10.2 Å². The number of amides is 1. The summed E-state index contributed by atoms with van der Waals surface area (Å²) in [6.07, 6.45) is 0. The summed E-state index contributed by atoms with van der Waals surface area (Å²) in [5.74, 6) is -0.902. The van der Waals surface area contributed by atoms with Crippen LogP contribution in [0.4, 0.5) is 11.4 Å². The SMILES string of the molecule is Cc1c(C(=O)Nc2cc([N+](=O)[O-])ccc2O)sc(=O)n1C. The lowest BCUT2D eigenvalue weighted by Gasteiger charge is -2.06. The Morgan fingerprint density at radius 1 is 1.48 bits per heavy atom. The van der Waals surface area contributed by atoms with Crippen molar-refractivity contribution >= 4 is 28.6 Å². The van der Waals surface area contributed by atoms with Gasteiger partial charge < -0.3 is 15.0 Å². The van der Waals surface area contributed by atoms with E-state index in [0.717, 1.165) is 29.5 Å². The van der Waals surface area contributed by atoms with Gasteiger partial charge in [0.05, 0.1) is 10.6 Å². The summed E-state index contributed by atoms with van der Waals surface area (Å²) in [6, 6.07) is 3.29. The Balaban J connectivity index is 2.35. The van der Waals surface area contributed by atoms with E-state index >= 15 is 0 Å². The summed E-state index contributed by atoms with van der Waals surface area (Å²) >= 11 is 0.765. The molecule has 2 aromatic rings. The predicted molar refractivity (Wildman–Crippen MR) is 77.0 cm³/mol. The van der Waals surface area contributed by atoms with Gasteiger partial charge in [0.15, 0.2) is 0 Å². The Hall–Kier alpha value is -2.68. The average Bonchev–Trinajstić information content (AvgIpc) is 2.68. The van der Waals surface area contributed by atoms with Crippen LogP contribution in [-0.4, -0.2) is 20.5 Å². The van der Waals surface area contributed by atoms with Crippen LogP contribution >= 0.6 is 11.3 Å². The van der Waals surface area contributed by atoms with Gasteiger partial charge >= 0.3 is 4.87 Å². The minimum atomic E-state index is -0.638. The summed E-state index contributed by atoms with van der Waals surface area (Å²) in [5, 5.41) is 22.7. The molecule has 0 fully saturated rings. The van der Waals surface area contributed by atoms with Gasteiger partial charge in [0.25, 0.3) is 11.6 Å². The van der Waals surface area contributed by atoms with Crippen molar-refractivity contribution in [3.05, 3.63) is 48.6 Å². The molecule has 1 aromatic carbocycles. The number of non-ortho nitro benzene ring substituents is 1. The van der Waals surface area contributed by atoms with Gasteiger partial charge in [-0.2, -0.15) is 0 Å². The molecule has 1 amide bonds. The van der Waals surface area contributed by atoms with E-state index in [9.17, 15) is 24.8 Å². The molecule has 0 aliphatic rings. The quantitative estimate of drug-likeness (QED) is 0.508. The smallest absolute Gasteiger partial charge is 0.307 e. The number of carbonyl (C=O) groups excluding carboxylic acids is 1. The largest absolute Gasteiger partial charge is 0.506 e. The number of rotatable bonds is 3. The molecular weight excluding hydrogens is 298 g/mol. The van der Waals surface area contributed by atoms with Crippen molar-refractivity contribution in [1.29, 1.82) is 0 Å². The number of aromatic hydroxyl groups is 1. The van der Waals surface area contributed by atoms with Gasteiger partial charge in [-0.05, 0) is 13.0 Å². The van der Waals surface area contributed by atoms with Gasteiger partial charge in [-0.15, -0.1) is 0 Å². The van der Waals surface area contributed by atoms with Crippen LogP contribution in [0.5, 0.6) is 5.75 Å². The number of hydrogen-bond acceptors (Lipinski definition) is 6. The maximum absolute atomic E-state index is 12.1. The van der Waals surface area contributed by atoms with Crippen LogP contribution in [0.15, 0.2) is 23.0 Å². The highest BCUT2D eigenvalue weighted by molar-refractivity contribution is 7.11. The molecule has 0 aliphatic heterocycles. The van der Waals surface area contributed by atoms with Crippen molar-refractivity contribution in [3.8, 4) is 5.75 Å². The minimum absolute atomic E-state index is 0.0860. The first-order valence-corrected chi connectivity index (χ1v) is 6.58. The Morgan fingerprint density at radius 3 is 2.67 bits per heavy atom. The maximum atomic E-state index is 12.1. The second kappa shape index (κ2) is 5.37. The van der Waals surface area contributed by atoms with Crippen LogP contribution in [0.2, 0.25) is 0 Å². The number of nitrogens with zero attached hydrogens (tertiary/aromatic N) is 2. The Bertz CT molecular complexity index is 793. The third-order valence-corrected chi connectivity index (χ3v) is 4.07. The topological polar surface area (TPSA) is 114 Å². The zero-order valence-corrected chi connectivity index (χ0v) is 11.9. The van der Waals surface area contributed by atoms with Crippen molar-refractivity contribution < 1.29 is 14.8 Å². The second-order valence-electron chi connectivity index (χ2n) is 4.25. The summed E-state index contributed by atoms with van der Waals surface area (Å²) in [6.45, 7) is 1.61. The number of hydrogen-bond donors (Lipinski definition) is 2. The lowest BCUT2D eigenvalue weighted by Crippen LogP contribution is -2.13. The number of nitrogens with one attached hydrogen (secondary N) is 1. The van der Waals surface area contributed by atoms with Crippen molar-refractivity contribution in [1.82, 2.24) is 4.57 Å². The van der Waals surface area contributed by atoms with Crippen molar-refractivity contribution in [2.75, 3.05) is 5.32 Å². The Labute approximate surface area is 122 Å². The molecule has 110 valence electrons. The van der Waals surface area contributed by atoms with Crippen LogP contribution in [0, 0.1) is 17.0 Å². The fraction of sp³-hybridized carbons (Fsp3) is 0.167. The highest BCUT2D eigenvalue weighted by Gasteiger charge is 2.18. The first-order valence-electron chi connectivity index (χ1n) is 5.76. The Kier molecular flexibility index (Phi) is 3.76. The molecule has 8 nitrogen and oxygen atoms in total. The highest BCUT2D eigenvalue weighted by atomic mass is 32.1. The summed E-state index contributed by atoms with van der Waals surface area (Å²) < 4.78 is 1.33. The van der Waals surface area contributed by atoms with Crippen molar-refractivity contribution in [2.45, 2.75) is 6.92 Å². The van der Waals surface area contributed by atoms with Crippen LogP contribution in [0.25, 0.3) is 0 Å². The number of nitro groups is 1. The fourth-order valence-corrected chi connectivity index (χ4v) is 2.52. The van der Waals surface area contributed by atoms with Gasteiger partial charge in [-0.25, -0.2) is 0 Å². The van der Waals surface area contributed by atoms with Crippen molar-refractivity contribution in [2.24, 2.45) is 7.05 Å². The average molecular weight is 309 g/mol. The molecule has 0 saturated heterocycles. The molecule has 1 aromatic heterocycles. The van der Waals surface area contributed by atoms with Crippen LogP contribution in [-0.2, 0) is 7.05 Å². The standard InChI is InChI=1S/C12H11N3O5S/c1-6-10(21-12(18)14(6)2)11(17)13-8-5-7(15(19)20)3-4-9(8)16/h3-5,16H,1-2H3,(H,13,17). The van der Waals surface area contributed by atoms with E-state index in [1.54, 1.807) is 6.92 Å². The molecule has 2 rings (SSSR count). The molecule has 0 spiro atoms. The maximum Gasteiger partial charge on any atom is 0.307 e. The van der Waals surface area contributed by atoms with E-state index in [0.29, 0.717) is 5.69 Å². The molecular formula is C12H11N3O5S. The first-order chi connectivity index (χ1) is 9.81. The zero-order chi connectivity index (χ0) is 15.7. The molecule has 0 bridgehead atoms. The Morgan fingerprint density at radius 2 is 2.14 bits per heavy atom. The van der Waals surface area contributed by atoms with Crippen LogP contribution in [0.1, 0.15) is 15.4 Å². The lowest BCUT2D eigenvalue weighted by atomic mass is 10.2. The minimum Gasteiger partial charge on any atom is -0.506 e. The monoisotopic (exact) mass is 309 g/mol. The van der Waals surface area contributed by atoms with E-state index in [4.69, 9.17) is 0 Å². The first kappa shape index (κ1) is 14.7. The summed E-state index contributed by atoms with van der Waals surface area (Å²) in [5.41, 5.74) is 0.130. The molecule has 1 heterocycles. The molecule has 0 unspecified atom stereocenters. The summed E-state index contributed by atoms with van der Waals surface area (Å²) in [4.78, 5) is 33.5. The van der Waals surface area contributed by atoms with E-state index in [2.05, 4.69) is 5.32 Å². The lowest BCUT2D eigenvalue weighted by molar-refractivity contribution is -0.384. The van der Waals surface area contributed by atoms with Gasteiger partial charge in [0.1, 0.15) is 10.6 Å². The van der Waals surface area contributed by atoms with E-state index in [1.807, 2.05) is 0 Å². The number of aromatic nitrogens is 1.